The zero-order valence-corrected chi connectivity index (χ0v) is 11.7. The van der Waals surface area contributed by atoms with Crippen LogP contribution in [0.25, 0.3) is 0 Å². The number of carbonyl (C=O) groups excluding carboxylic acids is 3. The van der Waals surface area contributed by atoms with Crippen LogP contribution in [0.1, 0.15) is 27.2 Å². The maximum Gasteiger partial charge on any atom is 0.329 e. The lowest BCUT2D eigenvalue weighted by molar-refractivity contribution is -0.158. The number of hydrogen-bond acceptors (Lipinski definition) is 5. The predicted molar refractivity (Wildman–Crippen MR) is 66.5 cm³/mol. The summed E-state index contributed by atoms with van der Waals surface area (Å²) in [7, 11) is 0. The van der Waals surface area contributed by atoms with E-state index in [1.807, 2.05) is 0 Å². The number of hydrogen-bond donors (Lipinski definition) is 1. The van der Waals surface area contributed by atoms with Crippen LogP contribution < -0.4 is 0 Å². The smallest absolute Gasteiger partial charge is 0.329 e. The average Bonchev–Trinajstić information content (AvgIpc) is 2.31. The second-order valence-corrected chi connectivity index (χ2v) is 5.48. The maximum absolute atomic E-state index is 11.9. The Labute approximate surface area is 116 Å². The number of amides is 3. The van der Waals surface area contributed by atoms with Crippen molar-refractivity contribution in [3.8, 4) is 0 Å². The van der Waals surface area contributed by atoms with Gasteiger partial charge in [0.15, 0.2) is 6.73 Å². The predicted octanol–water partition coefficient (Wildman–Crippen LogP) is 0.272. The summed E-state index contributed by atoms with van der Waals surface area (Å²) in [5, 5.41) is 8.66. The molecule has 20 heavy (non-hydrogen) atoms. The number of imide groups is 1. The Kier molecular flexibility index (Phi) is 4.69. The normalized spacial score (nSPS) is 16.4. The maximum atomic E-state index is 11.9. The Morgan fingerprint density at radius 1 is 1.30 bits per heavy atom. The third-order valence-corrected chi connectivity index (χ3v) is 2.66. The summed E-state index contributed by atoms with van der Waals surface area (Å²) in [6.07, 6.45) is 0.00604. The second-order valence-electron chi connectivity index (χ2n) is 5.48. The van der Waals surface area contributed by atoms with Crippen LogP contribution in [0.15, 0.2) is 0 Å². The molecule has 0 aromatic rings. The highest BCUT2D eigenvalue weighted by atomic mass is 16.5. The number of urea groups is 1. The summed E-state index contributed by atoms with van der Waals surface area (Å²) >= 11 is 0. The van der Waals surface area contributed by atoms with E-state index in [2.05, 4.69) is 0 Å². The summed E-state index contributed by atoms with van der Waals surface area (Å²) in [6.45, 7) is 4.14. The number of esters is 1. The number of aliphatic carboxylic acids is 1. The third-order valence-electron chi connectivity index (χ3n) is 2.66. The topological polar surface area (TPSA) is 104 Å². The molecule has 8 nitrogen and oxygen atoms in total. The molecule has 1 rings (SSSR count). The lowest BCUT2D eigenvalue weighted by Crippen LogP contribution is -2.54. The molecule has 0 saturated carbocycles. The third kappa shape index (κ3) is 3.94. The van der Waals surface area contributed by atoms with Crippen molar-refractivity contribution in [3.63, 3.8) is 0 Å². The summed E-state index contributed by atoms with van der Waals surface area (Å²) in [5.74, 6) is -2.30. The summed E-state index contributed by atoms with van der Waals surface area (Å²) in [5.41, 5.74) is -0.699. The van der Waals surface area contributed by atoms with Gasteiger partial charge in [-0.2, -0.15) is 0 Å². The molecule has 0 unspecified atom stereocenters. The van der Waals surface area contributed by atoms with Crippen molar-refractivity contribution in [3.05, 3.63) is 0 Å². The van der Waals surface area contributed by atoms with Crippen LogP contribution >= 0.6 is 0 Å². The molecule has 3 amide bonds. The summed E-state index contributed by atoms with van der Waals surface area (Å²) < 4.78 is 4.99. The van der Waals surface area contributed by atoms with Gasteiger partial charge in [-0.25, -0.2) is 4.79 Å². The quantitative estimate of drug-likeness (QED) is 0.744. The first-order valence-corrected chi connectivity index (χ1v) is 6.11. The second kappa shape index (κ2) is 5.89. The molecule has 1 aliphatic rings. The number of rotatable bonds is 4. The Balaban J connectivity index is 2.64. The lowest BCUT2D eigenvalue weighted by atomic mass is 9.98. The molecule has 1 heterocycles. The van der Waals surface area contributed by atoms with Gasteiger partial charge in [-0.05, 0) is 20.8 Å². The van der Waals surface area contributed by atoms with Crippen LogP contribution in [-0.4, -0.2) is 58.6 Å². The molecule has 1 aliphatic heterocycles. The van der Waals surface area contributed by atoms with Gasteiger partial charge in [0.2, 0.25) is 5.91 Å². The minimum atomic E-state index is -1.28. The molecule has 1 fully saturated rings. The van der Waals surface area contributed by atoms with Gasteiger partial charge in [0.05, 0.1) is 5.41 Å². The van der Waals surface area contributed by atoms with E-state index in [4.69, 9.17) is 9.84 Å². The van der Waals surface area contributed by atoms with Crippen molar-refractivity contribution >= 4 is 23.9 Å². The van der Waals surface area contributed by atoms with E-state index < -0.39 is 35.8 Å². The number of carbonyl (C=O) groups is 4. The fourth-order valence-corrected chi connectivity index (χ4v) is 1.50. The molecule has 0 aliphatic carbocycles. The standard InChI is InChI=1S/C12H18N2O6/c1-12(2,3)10(18)20-7-13-5-4-8(15)14(11(13)19)6-9(16)17/h4-7H2,1-3H3,(H,16,17). The van der Waals surface area contributed by atoms with Crippen LogP contribution in [0.5, 0.6) is 0 Å². The first-order valence-electron chi connectivity index (χ1n) is 6.11. The average molecular weight is 286 g/mol. The van der Waals surface area contributed by atoms with Gasteiger partial charge in [0.1, 0.15) is 6.54 Å². The molecule has 0 spiro atoms. The van der Waals surface area contributed by atoms with Crippen LogP contribution in [0.4, 0.5) is 4.79 Å². The molecular weight excluding hydrogens is 268 g/mol. The number of ether oxygens (including phenoxy) is 1. The van der Waals surface area contributed by atoms with E-state index in [1.54, 1.807) is 20.8 Å². The summed E-state index contributed by atoms with van der Waals surface area (Å²) in [4.78, 5) is 47.4. The first-order chi connectivity index (χ1) is 9.12. The van der Waals surface area contributed by atoms with Crippen LogP contribution in [0.3, 0.4) is 0 Å². The van der Waals surface area contributed by atoms with Gasteiger partial charge in [-0.1, -0.05) is 0 Å². The van der Waals surface area contributed by atoms with Crippen molar-refractivity contribution in [2.24, 2.45) is 5.41 Å². The highest BCUT2D eigenvalue weighted by molar-refractivity contribution is 5.99. The van der Waals surface area contributed by atoms with Crippen LogP contribution in [-0.2, 0) is 19.1 Å². The zero-order valence-electron chi connectivity index (χ0n) is 11.7. The molecule has 1 saturated heterocycles. The van der Waals surface area contributed by atoms with Gasteiger partial charge >= 0.3 is 18.0 Å². The van der Waals surface area contributed by atoms with Crippen molar-refractivity contribution in [1.82, 2.24) is 9.80 Å². The number of carboxylic acids is 1. The van der Waals surface area contributed by atoms with Crippen molar-refractivity contribution in [2.75, 3.05) is 19.8 Å². The molecule has 0 radical (unpaired) electrons. The Hall–Kier alpha value is -2.12. The summed E-state index contributed by atoms with van der Waals surface area (Å²) in [6, 6.07) is -0.759. The van der Waals surface area contributed by atoms with Crippen molar-refractivity contribution < 1.29 is 29.0 Å². The Bertz CT molecular complexity index is 440. The fourth-order valence-electron chi connectivity index (χ4n) is 1.50. The van der Waals surface area contributed by atoms with Crippen LogP contribution in [0, 0.1) is 5.41 Å². The van der Waals surface area contributed by atoms with Gasteiger partial charge < -0.3 is 9.84 Å². The van der Waals surface area contributed by atoms with E-state index in [0.717, 1.165) is 4.90 Å². The highest BCUT2D eigenvalue weighted by Gasteiger charge is 2.34. The molecular formula is C12H18N2O6. The molecule has 0 aromatic heterocycles. The largest absolute Gasteiger partial charge is 0.480 e. The first kappa shape index (κ1) is 15.9. The fraction of sp³-hybridized carbons (Fsp3) is 0.667. The van der Waals surface area contributed by atoms with E-state index in [0.29, 0.717) is 4.90 Å². The monoisotopic (exact) mass is 286 g/mol. The Morgan fingerprint density at radius 3 is 2.40 bits per heavy atom. The van der Waals surface area contributed by atoms with E-state index in [1.165, 1.54) is 0 Å². The minimum absolute atomic E-state index is 0.00604. The Morgan fingerprint density at radius 2 is 1.90 bits per heavy atom. The minimum Gasteiger partial charge on any atom is -0.480 e. The molecule has 0 bridgehead atoms. The van der Waals surface area contributed by atoms with Crippen molar-refractivity contribution in [1.29, 1.82) is 0 Å². The highest BCUT2D eigenvalue weighted by Crippen LogP contribution is 2.16. The zero-order chi connectivity index (χ0) is 15.5. The van der Waals surface area contributed by atoms with E-state index in [-0.39, 0.29) is 19.7 Å². The SMILES string of the molecule is CC(C)(C)C(=O)OCN1CCC(=O)N(CC(=O)O)C1=O. The lowest BCUT2D eigenvalue weighted by Gasteiger charge is -2.33. The van der Waals surface area contributed by atoms with Gasteiger partial charge in [-0.15, -0.1) is 0 Å². The van der Waals surface area contributed by atoms with Gasteiger partial charge in [0, 0.05) is 13.0 Å². The molecule has 0 atom stereocenters. The molecule has 8 heteroatoms. The van der Waals surface area contributed by atoms with Crippen LogP contribution in [0.2, 0.25) is 0 Å². The number of nitrogens with zero attached hydrogens (tertiary/aromatic N) is 2. The molecule has 1 N–H and O–H groups in total. The van der Waals surface area contributed by atoms with Gasteiger partial charge in [-0.3, -0.25) is 24.2 Å². The van der Waals surface area contributed by atoms with E-state index >= 15 is 0 Å². The number of carboxylic acid groups (broad SMARTS) is 1. The molecule has 112 valence electrons. The molecule has 0 aromatic carbocycles. The van der Waals surface area contributed by atoms with Gasteiger partial charge in [0.25, 0.3) is 0 Å². The van der Waals surface area contributed by atoms with E-state index in [9.17, 15) is 19.2 Å². The van der Waals surface area contributed by atoms with Crippen molar-refractivity contribution in [2.45, 2.75) is 27.2 Å².